The molecule has 3 aromatic carbocycles. The molecule has 0 unspecified atom stereocenters. The fraction of sp³-hybridized carbons (Fsp3) is 0.510. The van der Waals surface area contributed by atoms with Gasteiger partial charge in [0, 0.05) is 92.9 Å². The SMILES string of the molecule is C/C=C1\C[C@H]2C=Nc3cc(O)c(OC)cc3C(=O)N2C1.C/C=C1\C[C@H]2C=Nc3cc(OCc4cc(OCCOCCOCCOCCC(=O)OC)cc(COc5cc6c(cc5OC)C(=O)N5C/C(=C/C)C[C@H]5C=N6)n4)c(OC)cc3C(=O)N2C1.COC(=O)CCOCCOCCOCCOc1cc(CO)nc(CO)c1.COC(=O)CCOCCOCCOCCOc1cc(COS(C)(=O)=O)nc(COS(C)(=O)=O)c1. The van der Waals surface area contributed by atoms with Crippen molar-refractivity contribution in [3.8, 4) is 51.7 Å². The Labute approximate surface area is 836 Å². The van der Waals surface area contributed by atoms with Crippen LogP contribution in [0.1, 0.15) is 125 Å². The number of carbonyl (C=O) groups is 6. The van der Waals surface area contributed by atoms with E-state index in [1.165, 1.54) is 77.6 Å². The number of benzene rings is 3. The van der Waals surface area contributed by atoms with Crippen LogP contribution in [0.5, 0.6) is 51.7 Å². The fourth-order valence-corrected chi connectivity index (χ4v) is 15.1. The van der Waals surface area contributed by atoms with E-state index in [1.54, 1.807) is 65.7 Å². The molecule has 0 radical (unpaired) electrons. The number of nitrogens with zero attached hydrogens (tertiary/aromatic N) is 9. The molecule has 3 aromatic heterocycles. The number of aromatic hydroxyl groups is 1. The summed E-state index contributed by atoms with van der Waals surface area (Å²) in [5.74, 6) is 1.93. The minimum Gasteiger partial charge on any atom is -0.504 e. The number of hydrogen-bond donors (Lipinski definition) is 3. The Kier molecular flexibility index (Phi) is 49.0. The molecular weight excluding hydrogens is 1930 g/mol. The summed E-state index contributed by atoms with van der Waals surface area (Å²) in [7, 11) is 1.12. The van der Waals surface area contributed by atoms with Gasteiger partial charge >= 0.3 is 17.9 Å². The van der Waals surface area contributed by atoms with Gasteiger partial charge in [-0.05, 0) is 58.2 Å². The molecule has 46 heteroatoms. The predicted molar refractivity (Wildman–Crippen MR) is 521 cm³/mol. The number of hydrogen-bond acceptors (Lipinski definition) is 41. The lowest BCUT2D eigenvalue weighted by molar-refractivity contribution is -0.142. The lowest BCUT2D eigenvalue weighted by Gasteiger charge is -2.20. The lowest BCUT2D eigenvalue weighted by Crippen LogP contribution is -2.35. The zero-order chi connectivity index (χ0) is 104. The quantitative estimate of drug-likeness (QED) is 0.0106. The van der Waals surface area contributed by atoms with Gasteiger partial charge in [-0.3, -0.25) is 67.1 Å². The van der Waals surface area contributed by atoms with Crippen molar-refractivity contribution in [2.24, 2.45) is 15.0 Å². The second kappa shape index (κ2) is 61.1. The van der Waals surface area contributed by atoms with Crippen molar-refractivity contribution in [3.05, 3.63) is 159 Å². The number of carbonyl (C=O) groups excluding carboxylic acids is 6. The van der Waals surface area contributed by atoms with Gasteiger partial charge in [0.15, 0.2) is 34.5 Å². The van der Waals surface area contributed by atoms with Crippen LogP contribution in [0.3, 0.4) is 0 Å². The van der Waals surface area contributed by atoms with Gasteiger partial charge in [0.25, 0.3) is 38.0 Å². The first-order valence-corrected chi connectivity index (χ1v) is 49.9. The zero-order valence-corrected chi connectivity index (χ0v) is 84.5. The van der Waals surface area contributed by atoms with E-state index in [4.69, 9.17) is 114 Å². The fourth-order valence-electron chi connectivity index (χ4n) is 14.5. The number of fused-ring (bicyclic) bond motifs is 6. The zero-order valence-electron chi connectivity index (χ0n) is 82.8. The molecule has 3 N–H and O–H groups in total. The summed E-state index contributed by atoms with van der Waals surface area (Å²) in [4.78, 5) is 105. The number of phenolic OH excluding ortho intramolecular Hbond substituents is 1. The van der Waals surface area contributed by atoms with Gasteiger partial charge < -0.3 is 125 Å². The van der Waals surface area contributed by atoms with Crippen LogP contribution in [-0.4, -0.2) is 348 Å². The highest BCUT2D eigenvalue weighted by Gasteiger charge is 2.38. The van der Waals surface area contributed by atoms with Gasteiger partial charge in [0.1, 0.15) is 63.5 Å². The van der Waals surface area contributed by atoms with Gasteiger partial charge in [-0.1, -0.05) is 34.9 Å². The maximum atomic E-state index is 13.6. The van der Waals surface area contributed by atoms with Crippen molar-refractivity contribution >= 4 is 91.6 Å². The molecule has 0 saturated carbocycles. The third kappa shape index (κ3) is 38.7. The van der Waals surface area contributed by atoms with Crippen LogP contribution in [-0.2, 0) is 139 Å². The first kappa shape index (κ1) is 115. The van der Waals surface area contributed by atoms with Crippen LogP contribution >= 0.6 is 0 Å². The van der Waals surface area contributed by atoms with E-state index >= 15 is 0 Å². The van der Waals surface area contributed by atoms with Crippen molar-refractivity contribution in [1.82, 2.24) is 29.7 Å². The Morgan fingerprint density at radius 2 is 0.611 bits per heavy atom. The summed E-state index contributed by atoms with van der Waals surface area (Å²) in [6.45, 7) is 13.6. The number of pyridine rings is 3. The second-order valence-electron chi connectivity index (χ2n) is 32.1. The molecule has 3 amide bonds. The number of rotatable bonds is 56. The highest BCUT2D eigenvalue weighted by atomic mass is 32.2. The predicted octanol–water partition coefficient (Wildman–Crippen LogP) is 8.36. The first-order chi connectivity index (χ1) is 69.5. The van der Waals surface area contributed by atoms with Crippen LogP contribution < -0.4 is 37.9 Å². The molecule has 12 rings (SSSR count). The lowest BCUT2D eigenvalue weighted by atomic mass is 10.1. The van der Waals surface area contributed by atoms with E-state index in [-0.39, 0.29) is 169 Å². The highest BCUT2D eigenvalue weighted by molar-refractivity contribution is 7.86. The van der Waals surface area contributed by atoms with E-state index in [1.807, 2.05) is 49.1 Å². The normalized spacial score (nSPS) is 16.2. The number of aliphatic imine (C=N–C) groups is 3. The van der Waals surface area contributed by atoms with Gasteiger partial charge in [-0.15, -0.1) is 0 Å². The van der Waals surface area contributed by atoms with E-state index < -0.39 is 20.2 Å². The van der Waals surface area contributed by atoms with Gasteiger partial charge in [0.2, 0.25) is 0 Å². The molecule has 6 aromatic rings. The molecular formula is C98H129N9O35S2. The topological polar surface area (TPSA) is 520 Å². The Balaban J connectivity index is 0.000000240. The Bertz CT molecular complexity index is 5430. The number of allylic oxidation sites excluding steroid dienone is 3. The number of ether oxygens (including phenoxy) is 20. The molecule has 0 spiro atoms. The summed E-state index contributed by atoms with van der Waals surface area (Å²) in [6.07, 6.45) is 16.3. The van der Waals surface area contributed by atoms with Crippen molar-refractivity contribution < 1.29 is 164 Å². The number of aliphatic hydroxyl groups excluding tert-OH is 2. The highest BCUT2D eigenvalue weighted by Crippen LogP contribution is 2.43. The summed E-state index contributed by atoms with van der Waals surface area (Å²) in [5, 5.41) is 28.0. The van der Waals surface area contributed by atoms with Gasteiger partial charge in [-0.25, -0.2) is 0 Å². The van der Waals surface area contributed by atoms with Crippen molar-refractivity contribution in [2.75, 3.05) is 214 Å². The monoisotopic (exact) mass is 2060 g/mol. The second-order valence-corrected chi connectivity index (χ2v) is 35.4. The molecule has 0 aliphatic carbocycles. The third-order valence-electron chi connectivity index (χ3n) is 21.8. The van der Waals surface area contributed by atoms with Crippen molar-refractivity contribution in [3.63, 3.8) is 0 Å². The van der Waals surface area contributed by atoms with Gasteiger partial charge in [0.05, 0.1) is 293 Å². The number of esters is 3. The summed E-state index contributed by atoms with van der Waals surface area (Å²) >= 11 is 0. The smallest absolute Gasteiger partial charge is 0.307 e. The molecule has 788 valence electrons. The van der Waals surface area contributed by atoms with Crippen molar-refractivity contribution in [2.45, 2.75) is 117 Å². The van der Waals surface area contributed by atoms with Crippen LogP contribution in [0.15, 0.2) is 123 Å². The molecule has 6 aliphatic heterocycles. The number of amides is 3. The maximum absolute atomic E-state index is 13.6. The van der Waals surface area contributed by atoms with E-state index in [0.717, 1.165) is 31.8 Å². The molecule has 44 nitrogen and oxygen atoms in total. The minimum atomic E-state index is -3.69. The maximum Gasteiger partial charge on any atom is 0.307 e. The van der Waals surface area contributed by atoms with Crippen LogP contribution in [0.4, 0.5) is 17.1 Å². The standard InChI is InChI=1S/C47H55N5O12.C19H31NO12S2.C17H27NO8.C15H16N2O3/c1-6-30-16-34-24-48-39-22-43(41(56-3)20-37(39)46(54)51(34)26-30)63-28-32-18-36(62-15-14-61-13-12-60-11-10-59-9-8-45(53)58-5)19-33(50-32)29-64-44-23-40-38(21-42(44)57-4)47(55)52-27-31(7-2)17-35(52)25-49-40;1-26-19(21)4-5-27-6-7-28-8-9-29-10-11-30-18-12-16(14-31-33(2,22)23)20-17(13-18)15-32-34(3,24)25;1-22-17(21)2-3-23-4-5-24-6-7-25-8-9-26-16-10-14(12-19)18-15(11-16)13-20;1-3-9-4-10-7-16-12-6-13(18)14(20-2)5-11(12)15(19)17(10)8-9/h6-7,18-25,34-35H,8-17,26-29H2,1-5H3;12-13H,4-11,14-15H2,1-3H3;10-11,19-20H,2-9,12-13H2,1H3;3,5-7,10,18H,4,8H2,1-2H3/b30-6+,31-7+;;;9-3+/t34-,35-;;;10-/m0..0/s1. The number of aliphatic hydroxyl groups is 2. The van der Waals surface area contributed by atoms with Crippen LogP contribution in [0.2, 0.25) is 0 Å². The Morgan fingerprint density at radius 1 is 0.347 bits per heavy atom. The molecule has 6 aliphatic rings. The summed E-state index contributed by atoms with van der Waals surface area (Å²) in [6, 6.07) is 19.3. The minimum absolute atomic E-state index is 0.00534. The first-order valence-electron chi connectivity index (χ1n) is 46.3. The molecule has 144 heavy (non-hydrogen) atoms. The molecule has 0 bridgehead atoms. The number of phenols is 1. The average molecular weight is 2060 g/mol. The molecule has 3 atom stereocenters. The molecule has 3 fully saturated rings. The number of aromatic nitrogens is 3. The Hall–Kier alpha value is -12.3. The third-order valence-corrected chi connectivity index (χ3v) is 22.9. The van der Waals surface area contributed by atoms with E-state index in [2.05, 4.69) is 41.3 Å². The Morgan fingerprint density at radius 3 is 0.889 bits per heavy atom. The van der Waals surface area contributed by atoms with Crippen LogP contribution in [0, 0.1) is 0 Å². The van der Waals surface area contributed by atoms with E-state index in [0.29, 0.717) is 222 Å². The van der Waals surface area contributed by atoms with E-state index in [9.17, 15) is 50.7 Å². The molecule has 9 heterocycles. The number of methoxy groups -OCH3 is 6. The average Bonchev–Trinajstić information content (AvgIpc) is 1.63. The summed E-state index contributed by atoms with van der Waals surface area (Å²) in [5.41, 5.74) is 8.84. The van der Waals surface area contributed by atoms with Crippen molar-refractivity contribution in [1.29, 1.82) is 0 Å². The summed E-state index contributed by atoms with van der Waals surface area (Å²) < 4.78 is 163. The largest absolute Gasteiger partial charge is 0.504 e. The van der Waals surface area contributed by atoms with Crippen LogP contribution in [0.25, 0.3) is 0 Å². The molecule has 3 saturated heterocycles. The van der Waals surface area contributed by atoms with Gasteiger partial charge in [-0.2, -0.15) is 16.8 Å².